The van der Waals surface area contributed by atoms with Crippen LogP contribution >= 0.6 is 11.6 Å². The molecule has 1 aromatic carbocycles. The summed E-state index contributed by atoms with van der Waals surface area (Å²) in [7, 11) is 0. The van der Waals surface area contributed by atoms with Crippen molar-refractivity contribution in [2.75, 3.05) is 0 Å². The van der Waals surface area contributed by atoms with E-state index in [0.717, 1.165) is 18.4 Å². The van der Waals surface area contributed by atoms with E-state index in [9.17, 15) is 4.39 Å². The molecular weight excluding hydrogens is 261 g/mol. The molecule has 0 bridgehead atoms. The highest BCUT2D eigenvalue weighted by atomic mass is 35.5. The van der Waals surface area contributed by atoms with Gasteiger partial charge in [-0.1, -0.05) is 45.4 Å². The van der Waals surface area contributed by atoms with Crippen molar-refractivity contribution in [2.24, 2.45) is 17.1 Å². The maximum atomic E-state index is 13.3. The number of hydrogen-bond acceptors (Lipinski definition) is 1. The molecule has 0 fully saturated rings. The third kappa shape index (κ3) is 6.40. The number of benzene rings is 1. The largest absolute Gasteiger partial charge is 0.327 e. The summed E-state index contributed by atoms with van der Waals surface area (Å²) in [6.45, 7) is 8.95. The van der Waals surface area contributed by atoms with Crippen molar-refractivity contribution in [3.63, 3.8) is 0 Å². The molecule has 0 aliphatic heterocycles. The molecule has 3 heteroatoms. The Bertz CT molecular complexity index is 412. The van der Waals surface area contributed by atoms with Crippen LogP contribution in [0.5, 0.6) is 0 Å². The predicted octanol–water partition coefficient (Wildman–Crippen LogP) is 4.81. The summed E-state index contributed by atoms with van der Waals surface area (Å²) in [6, 6.07) is 4.99. The van der Waals surface area contributed by atoms with Gasteiger partial charge in [0, 0.05) is 6.04 Å². The average Bonchev–Trinajstić information content (AvgIpc) is 2.20. The van der Waals surface area contributed by atoms with Gasteiger partial charge in [-0.05, 0) is 48.3 Å². The van der Waals surface area contributed by atoms with Gasteiger partial charge in [-0.3, -0.25) is 0 Å². The van der Waals surface area contributed by atoms with Crippen LogP contribution in [0.3, 0.4) is 0 Å². The molecule has 0 saturated heterocycles. The summed E-state index contributed by atoms with van der Waals surface area (Å²) >= 11 is 5.67. The zero-order chi connectivity index (χ0) is 14.6. The SMILES string of the molecule is CC(CC(N)Cc1ccc(Cl)c(F)c1)CC(C)(C)C. The Morgan fingerprint density at radius 1 is 1.32 bits per heavy atom. The first-order valence-corrected chi connectivity index (χ1v) is 7.24. The summed E-state index contributed by atoms with van der Waals surface area (Å²) in [5, 5.41) is 0.165. The number of nitrogens with two attached hydrogens (primary N) is 1. The topological polar surface area (TPSA) is 26.0 Å². The summed E-state index contributed by atoms with van der Waals surface area (Å²) in [6.07, 6.45) is 2.81. The second-order valence-electron chi connectivity index (χ2n) is 6.82. The highest BCUT2D eigenvalue weighted by Gasteiger charge is 2.17. The second-order valence-corrected chi connectivity index (χ2v) is 7.23. The highest BCUT2D eigenvalue weighted by molar-refractivity contribution is 6.30. The second kappa shape index (κ2) is 6.71. The van der Waals surface area contributed by atoms with Crippen LogP contribution in [0.4, 0.5) is 4.39 Å². The Morgan fingerprint density at radius 3 is 2.47 bits per heavy atom. The van der Waals surface area contributed by atoms with E-state index in [1.807, 2.05) is 6.07 Å². The minimum Gasteiger partial charge on any atom is -0.327 e. The van der Waals surface area contributed by atoms with Crippen LogP contribution in [-0.4, -0.2) is 6.04 Å². The summed E-state index contributed by atoms with van der Waals surface area (Å²) in [5.74, 6) is 0.209. The molecule has 2 atom stereocenters. The first kappa shape index (κ1) is 16.5. The lowest BCUT2D eigenvalue weighted by atomic mass is 9.82. The van der Waals surface area contributed by atoms with E-state index in [4.69, 9.17) is 17.3 Å². The van der Waals surface area contributed by atoms with Crippen molar-refractivity contribution in [1.29, 1.82) is 0 Å². The molecular formula is C16H25ClFN. The van der Waals surface area contributed by atoms with Gasteiger partial charge in [0.05, 0.1) is 5.02 Å². The maximum absolute atomic E-state index is 13.3. The quantitative estimate of drug-likeness (QED) is 0.825. The molecule has 1 aromatic rings. The standard InChI is InChI=1S/C16H25ClFN/c1-11(10-16(2,3)4)7-13(19)8-12-5-6-14(17)15(18)9-12/h5-6,9,11,13H,7-8,10,19H2,1-4H3. The molecule has 108 valence electrons. The Kier molecular flexibility index (Phi) is 5.82. The van der Waals surface area contributed by atoms with Crippen LogP contribution < -0.4 is 5.73 Å². The van der Waals surface area contributed by atoms with Crippen LogP contribution in [0.1, 0.15) is 46.1 Å². The van der Waals surface area contributed by atoms with Crippen molar-refractivity contribution in [1.82, 2.24) is 0 Å². The Balaban J connectivity index is 2.50. The molecule has 0 heterocycles. The maximum Gasteiger partial charge on any atom is 0.142 e. The van der Waals surface area contributed by atoms with Crippen LogP contribution in [0.2, 0.25) is 5.02 Å². The third-order valence-electron chi connectivity index (χ3n) is 3.15. The molecule has 0 spiro atoms. The van der Waals surface area contributed by atoms with Crippen molar-refractivity contribution < 1.29 is 4.39 Å². The molecule has 1 nitrogen and oxygen atoms in total. The molecule has 0 saturated carbocycles. The third-order valence-corrected chi connectivity index (χ3v) is 3.45. The van der Waals surface area contributed by atoms with Gasteiger partial charge in [0.25, 0.3) is 0 Å². The van der Waals surface area contributed by atoms with Gasteiger partial charge in [0.1, 0.15) is 5.82 Å². The average molecular weight is 286 g/mol. The van der Waals surface area contributed by atoms with E-state index in [1.54, 1.807) is 6.07 Å². The molecule has 0 aliphatic carbocycles. The fourth-order valence-electron chi connectivity index (χ4n) is 2.70. The fraction of sp³-hybridized carbons (Fsp3) is 0.625. The first-order chi connectivity index (χ1) is 8.67. The zero-order valence-electron chi connectivity index (χ0n) is 12.3. The van der Waals surface area contributed by atoms with E-state index in [0.29, 0.717) is 17.8 Å². The summed E-state index contributed by atoms with van der Waals surface area (Å²) in [5.41, 5.74) is 7.40. The smallest absolute Gasteiger partial charge is 0.142 e. The van der Waals surface area contributed by atoms with Crippen LogP contribution in [0, 0.1) is 17.2 Å². The molecule has 0 aliphatic rings. The fourth-order valence-corrected chi connectivity index (χ4v) is 2.82. The van der Waals surface area contributed by atoms with Crippen molar-refractivity contribution >= 4 is 11.6 Å². The van der Waals surface area contributed by atoms with Gasteiger partial charge in [-0.2, -0.15) is 0 Å². The van der Waals surface area contributed by atoms with Crippen molar-refractivity contribution in [3.8, 4) is 0 Å². The first-order valence-electron chi connectivity index (χ1n) is 6.87. The molecule has 0 radical (unpaired) electrons. The van der Waals surface area contributed by atoms with Gasteiger partial charge < -0.3 is 5.73 Å². The van der Waals surface area contributed by atoms with Crippen molar-refractivity contribution in [2.45, 2.75) is 53.0 Å². The number of hydrogen-bond donors (Lipinski definition) is 1. The normalized spacial score (nSPS) is 15.3. The van der Waals surface area contributed by atoms with Gasteiger partial charge >= 0.3 is 0 Å². The van der Waals surface area contributed by atoms with E-state index >= 15 is 0 Å². The van der Waals surface area contributed by atoms with Crippen LogP contribution in [-0.2, 0) is 6.42 Å². The van der Waals surface area contributed by atoms with Gasteiger partial charge in [0.15, 0.2) is 0 Å². The van der Waals surface area contributed by atoms with Crippen molar-refractivity contribution in [3.05, 3.63) is 34.6 Å². The Labute approximate surface area is 121 Å². The van der Waals surface area contributed by atoms with Gasteiger partial charge in [-0.25, -0.2) is 4.39 Å². The van der Waals surface area contributed by atoms with Crippen LogP contribution in [0.25, 0.3) is 0 Å². The van der Waals surface area contributed by atoms with E-state index < -0.39 is 0 Å². The van der Waals surface area contributed by atoms with E-state index in [-0.39, 0.29) is 16.9 Å². The lowest BCUT2D eigenvalue weighted by Gasteiger charge is -2.25. The number of rotatable bonds is 5. The lowest BCUT2D eigenvalue weighted by Crippen LogP contribution is -2.26. The Morgan fingerprint density at radius 2 is 1.95 bits per heavy atom. The molecule has 2 unspecified atom stereocenters. The Hall–Kier alpha value is -0.600. The number of halogens is 2. The molecule has 1 rings (SSSR count). The zero-order valence-corrected chi connectivity index (χ0v) is 13.1. The minimum atomic E-state index is -0.367. The minimum absolute atomic E-state index is 0.0675. The van der Waals surface area contributed by atoms with Gasteiger partial charge in [-0.15, -0.1) is 0 Å². The molecule has 2 N–H and O–H groups in total. The highest BCUT2D eigenvalue weighted by Crippen LogP contribution is 2.27. The predicted molar refractivity (Wildman–Crippen MR) is 80.9 cm³/mol. The lowest BCUT2D eigenvalue weighted by molar-refractivity contribution is 0.285. The van der Waals surface area contributed by atoms with E-state index in [2.05, 4.69) is 27.7 Å². The van der Waals surface area contributed by atoms with Gasteiger partial charge in [0.2, 0.25) is 0 Å². The summed E-state index contributed by atoms with van der Waals surface area (Å²) in [4.78, 5) is 0. The molecule has 0 aromatic heterocycles. The molecule has 0 amide bonds. The van der Waals surface area contributed by atoms with E-state index in [1.165, 1.54) is 6.07 Å². The summed E-state index contributed by atoms with van der Waals surface area (Å²) < 4.78 is 13.3. The van der Waals surface area contributed by atoms with Crippen LogP contribution in [0.15, 0.2) is 18.2 Å². The molecule has 19 heavy (non-hydrogen) atoms. The monoisotopic (exact) mass is 285 g/mol.